The van der Waals surface area contributed by atoms with Gasteiger partial charge in [0.05, 0.1) is 26.5 Å². The summed E-state index contributed by atoms with van der Waals surface area (Å²) in [5, 5.41) is 3.12. The van der Waals surface area contributed by atoms with Crippen LogP contribution in [-0.4, -0.2) is 77.0 Å². The average molecular weight is 628 g/mol. The number of aromatic nitrogens is 4. The van der Waals surface area contributed by atoms with E-state index in [4.69, 9.17) is 28.9 Å². The largest absolute Gasteiger partial charge is 0.493 e. The summed E-state index contributed by atoms with van der Waals surface area (Å²) in [6, 6.07) is 13.9. The number of amides is 1. The Morgan fingerprint density at radius 1 is 1.04 bits per heavy atom. The van der Waals surface area contributed by atoms with Crippen LogP contribution in [0.5, 0.6) is 17.2 Å². The zero-order chi connectivity index (χ0) is 32.0. The Labute approximate surface area is 269 Å². The minimum Gasteiger partial charge on any atom is -0.493 e. The van der Waals surface area contributed by atoms with Crippen LogP contribution in [0.2, 0.25) is 0 Å². The summed E-state index contributed by atoms with van der Waals surface area (Å²) in [5.74, 6) is 3.78. The molecule has 2 aromatic heterocycles. The van der Waals surface area contributed by atoms with Crippen LogP contribution in [0.15, 0.2) is 61.2 Å². The summed E-state index contributed by atoms with van der Waals surface area (Å²) in [4.78, 5) is 32.0. The zero-order valence-electron chi connectivity index (χ0n) is 26.8. The van der Waals surface area contributed by atoms with Gasteiger partial charge in [0.25, 0.3) is 0 Å². The number of hydrogen-bond acceptors (Lipinski definition) is 10. The molecule has 1 atom stereocenters. The molecule has 2 aliphatic rings. The Kier molecular flexibility index (Phi) is 9.65. The molecule has 12 nitrogen and oxygen atoms in total. The molecule has 4 aromatic rings. The number of methoxy groups -OCH3 is 2. The van der Waals surface area contributed by atoms with Crippen LogP contribution < -0.4 is 24.4 Å². The minimum atomic E-state index is -0.0585. The first kappa shape index (κ1) is 31.3. The smallest absolute Gasteiger partial charge is 0.237 e. The van der Waals surface area contributed by atoms with Crippen molar-refractivity contribution in [3.05, 3.63) is 83.6 Å². The molecule has 6 rings (SSSR count). The Bertz CT molecular complexity index is 1650. The van der Waals surface area contributed by atoms with E-state index in [1.807, 2.05) is 35.0 Å². The lowest BCUT2D eigenvalue weighted by Crippen LogP contribution is -2.54. The Hall–Kier alpha value is -4.68. The van der Waals surface area contributed by atoms with Gasteiger partial charge in [-0.15, -0.1) is 0 Å². The van der Waals surface area contributed by atoms with Crippen LogP contribution in [0.4, 0.5) is 5.82 Å². The lowest BCUT2D eigenvalue weighted by Gasteiger charge is -2.42. The summed E-state index contributed by atoms with van der Waals surface area (Å²) >= 11 is 0. The molecule has 46 heavy (non-hydrogen) atoms. The zero-order valence-corrected chi connectivity index (χ0v) is 26.8. The highest BCUT2D eigenvalue weighted by molar-refractivity contribution is 5.76. The second kappa shape index (κ2) is 14.2. The van der Waals surface area contributed by atoms with E-state index >= 15 is 0 Å². The van der Waals surface area contributed by atoms with Gasteiger partial charge in [0.15, 0.2) is 18.3 Å². The van der Waals surface area contributed by atoms with Crippen molar-refractivity contribution in [2.24, 2.45) is 0 Å². The number of ether oxygens (including phenoxy) is 4. The highest BCUT2D eigenvalue weighted by atomic mass is 16.7. The third-order valence-corrected chi connectivity index (χ3v) is 8.40. The highest BCUT2D eigenvalue weighted by Gasteiger charge is 2.30. The van der Waals surface area contributed by atoms with Gasteiger partial charge in [-0.25, -0.2) is 9.97 Å². The third kappa shape index (κ3) is 7.24. The van der Waals surface area contributed by atoms with Crippen LogP contribution in [-0.2, 0) is 29.2 Å². The number of fused-ring (bicyclic) bond motifs is 1. The Balaban J connectivity index is 1.22. The molecule has 0 saturated carbocycles. The quantitative estimate of drug-likeness (QED) is 0.261. The van der Waals surface area contributed by atoms with Gasteiger partial charge in [-0.3, -0.25) is 14.3 Å². The second-order valence-electron chi connectivity index (χ2n) is 11.9. The normalized spacial score (nSPS) is 16.5. The van der Waals surface area contributed by atoms with E-state index in [2.05, 4.69) is 52.1 Å². The van der Waals surface area contributed by atoms with Crippen LogP contribution in [0, 0.1) is 0 Å². The van der Waals surface area contributed by atoms with Gasteiger partial charge in [0, 0.05) is 69.2 Å². The summed E-state index contributed by atoms with van der Waals surface area (Å²) in [5.41, 5.74) is 4.09. The Morgan fingerprint density at radius 2 is 1.89 bits per heavy atom. The van der Waals surface area contributed by atoms with Gasteiger partial charge < -0.3 is 29.2 Å². The van der Waals surface area contributed by atoms with Gasteiger partial charge >= 0.3 is 0 Å². The van der Waals surface area contributed by atoms with Gasteiger partial charge in [-0.1, -0.05) is 26.0 Å². The number of rotatable bonds is 11. The minimum absolute atomic E-state index is 0.0245. The van der Waals surface area contributed by atoms with Crippen molar-refractivity contribution >= 4 is 11.7 Å². The van der Waals surface area contributed by atoms with Crippen molar-refractivity contribution in [2.75, 3.05) is 45.5 Å². The van der Waals surface area contributed by atoms with E-state index in [1.165, 1.54) is 0 Å². The fourth-order valence-electron chi connectivity index (χ4n) is 5.85. The van der Waals surface area contributed by atoms with Crippen LogP contribution in [0.25, 0.3) is 5.95 Å². The number of benzene rings is 2. The van der Waals surface area contributed by atoms with E-state index in [0.717, 1.165) is 47.0 Å². The number of nitrogens with one attached hydrogen (secondary N) is 1. The lowest BCUT2D eigenvalue weighted by molar-refractivity contribution is -0.122. The third-order valence-electron chi connectivity index (χ3n) is 8.40. The van der Waals surface area contributed by atoms with Crippen molar-refractivity contribution < 1.29 is 23.7 Å². The van der Waals surface area contributed by atoms with Crippen molar-refractivity contribution in [3.8, 4) is 23.2 Å². The first-order valence-corrected chi connectivity index (χ1v) is 15.6. The Morgan fingerprint density at radius 3 is 2.67 bits per heavy atom. The molecule has 1 unspecified atom stereocenters. The number of nitrogens with zero attached hydrogens (tertiary/aromatic N) is 6. The molecule has 4 heterocycles. The molecule has 0 radical (unpaired) electrons. The fourth-order valence-corrected chi connectivity index (χ4v) is 5.85. The molecule has 1 N–H and O–H groups in total. The molecular formula is C34H41N7O5. The molecule has 0 spiro atoms. The molecule has 1 amide bonds. The molecule has 2 aromatic carbocycles. The van der Waals surface area contributed by atoms with Gasteiger partial charge in [0.2, 0.25) is 11.9 Å². The van der Waals surface area contributed by atoms with Crippen molar-refractivity contribution in [2.45, 2.75) is 51.9 Å². The predicted octanol–water partition coefficient (Wildman–Crippen LogP) is 4.07. The van der Waals surface area contributed by atoms with Crippen molar-refractivity contribution in [3.63, 3.8) is 0 Å². The second-order valence-corrected chi connectivity index (χ2v) is 11.9. The van der Waals surface area contributed by atoms with Gasteiger partial charge in [-0.05, 0) is 41.3 Å². The lowest BCUT2D eigenvalue weighted by atomic mass is 10.0. The first-order chi connectivity index (χ1) is 22.4. The number of piperazine rings is 1. The predicted molar refractivity (Wildman–Crippen MR) is 172 cm³/mol. The molecular weight excluding hydrogens is 586 g/mol. The van der Waals surface area contributed by atoms with E-state index < -0.39 is 0 Å². The molecule has 2 aliphatic heterocycles. The average Bonchev–Trinajstić information content (AvgIpc) is 3.63. The van der Waals surface area contributed by atoms with Gasteiger partial charge in [0.1, 0.15) is 17.9 Å². The molecule has 242 valence electrons. The SMILES string of the molecule is COc1ccc(CNC(=O)CC2CN(c3cc(C(C)C)nc(-n4ccnc4)n3)CCN2Cc2ccc3c(c2)COCO3)cc1OC. The maximum Gasteiger partial charge on any atom is 0.237 e. The first-order valence-electron chi connectivity index (χ1n) is 15.6. The number of anilines is 1. The number of hydrogen-bond donors (Lipinski definition) is 1. The van der Waals surface area contributed by atoms with E-state index in [-0.39, 0.29) is 24.7 Å². The summed E-state index contributed by atoms with van der Waals surface area (Å²) in [6.45, 7) is 8.32. The maximum absolute atomic E-state index is 13.5. The monoisotopic (exact) mass is 627 g/mol. The molecule has 12 heteroatoms. The molecule has 0 bridgehead atoms. The van der Waals surface area contributed by atoms with Crippen LogP contribution in [0.3, 0.4) is 0 Å². The maximum atomic E-state index is 13.5. The van der Waals surface area contributed by atoms with Crippen LogP contribution in [0.1, 0.15) is 48.6 Å². The van der Waals surface area contributed by atoms with Crippen molar-refractivity contribution in [1.82, 2.24) is 29.7 Å². The van der Waals surface area contributed by atoms with Crippen LogP contribution >= 0.6 is 0 Å². The van der Waals surface area contributed by atoms with E-state index in [9.17, 15) is 4.79 Å². The molecule has 0 aliphatic carbocycles. The highest BCUT2D eigenvalue weighted by Crippen LogP contribution is 2.29. The topological polar surface area (TPSA) is 116 Å². The van der Waals surface area contributed by atoms with Crippen molar-refractivity contribution in [1.29, 1.82) is 0 Å². The van der Waals surface area contributed by atoms with E-state index in [1.54, 1.807) is 26.7 Å². The summed E-state index contributed by atoms with van der Waals surface area (Å²) in [6.07, 6.45) is 5.61. The number of carbonyl (C=O) groups is 1. The fraction of sp³-hybridized carbons (Fsp3) is 0.412. The molecule has 1 fully saturated rings. The number of carbonyl (C=O) groups excluding carboxylic acids is 1. The van der Waals surface area contributed by atoms with E-state index in [0.29, 0.717) is 50.1 Å². The standard InChI is InChI=1S/C34H41N7O5/c1-23(2)28-16-32(38-34(37-28)41-10-9-35-21-41)40-12-11-39(18-25-6-7-29-26(13-25)20-45-22-46-29)27(19-40)15-33(42)36-17-24-5-8-30(43-3)31(14-24)44-4/h5-10,13-14,16,21,23,27H,11-12,15,17-20,22H2,1-4H3,(H,36,42). The number of imidazole rings is 1. The molecule has 1 saturated heterocycles. The summed E-state index contributed by atoms with van der Waals surface area (Å²) < 4.78 is 23.8. The summed E-state index contributed by atoms with van der Waals surface area (Å²) in [7, 11) is 3.21. The van der Waals surface area contributed by atoms with Gasteiger partial charge in [-0.2, -0.15) is 4.98 Å².